The second kappa shape index (κ2) is 10.7. The molecule has 26 heavy (non-hydrogen) atoms. The fraction of sp³-hybridized carbons (Fsp3) is 0.316. The van der Waals surface area contributed by atoms with Crippen LogP contribution in [0, 0.1) is 0 Å². The normalized spacial score (nSPS) is 11.7. The van der Waals surface area contributed by atoms with Gasteiger partial charge in [-0.1, -0.05) is 34.5 Å². The molecule has 0 saturated carbocycles. The monoisotopic (exact) mass is 458 g/mol. The summed E-state index contributed by atoms with van der Waals surface area (Å²) in [6.07, 6.45) is -0.672. The van der Waals surface area contributed by atoms with E-state index in [9.17, 15) is 4.79 Å². The van der Waals surface area contributed by atoms with Crippen LogP contribution in [0.25, 0.3) is 0 Å². The molecule has 0 spiro atoms. The molecule has 0 N–H and O–H groups in total. The first-order chi connectivity index (χ1) is 12.5. The second-order valence-electron chi connectivity index (χ2n) is 5.27. The molecule has 0 aromatic heterocycles. The summed E-state index contributed by atoms with van der Waals surface area (Å²) in [5, 5.41) is 0.511. The van der Waals surface area contributed by atoms with Crippen LogP contribution in [-0.4, -0.2) is 30.2 Å². The molecule has 0 aliphatic heterocycles. The van der Waals surface area contributed by atoms with Crippen molar-refractivity contribution < 1.29 is 19.0 Å². The minimum absolute atomic E-state index is 0.372. The van der Waals surface area contributed by atoms with Gasteiger partial charge in [-0.25, -0.2) is 4.79 Å². The van der Waals surface area contributed by atoms with Crippen molar-refractivity contribution in [2.45, 2.75) is 20.0 Å². The highest BCUT2D eigenvalue weighted by molar-refractivity contribution is 9.10. The Bertz CT molecular complexity index is 724. The number of benzene rings is 2. The number of thioether (sulfide) groups is 1. The van der Waals surface area contributed by atoms with Gasteiger partial charge in [0.1, 0.15) is 23.9 Å². The molecule has 7 heteroatoms. The molecule has 2 aromatic rings. The average Bonchev–Trinajstić information content (AvgIpc) is 2.62. The number of esters is 1. The number of halogens is 2. The van der Waals surface area contributed by atoms with Gasteiger partial charge in [0.2, 0.25) is 0 Å². The largest absolute Gasteiger partial charge is 0.479 e. The Morgan fingerprint density at radius 3 is 2.54 bits per heavy atom. The van der Waals surface area contributed by atoms with Crippen LogP contribution in [0.5, 0.6) is 17.2 Å². The van der Waals surface area contributed by atoms with Crippen LogP contribution in [0.3, 0.4) is 0 Å². The first kappa shape index (κ1) is 20.9. The van der Waals surface area contributed by atoms with E-state index in [-0.39, 0.29) is 5.97 Å². The third-order valence-electron chi connectivity index (χ3n) is 3.27. The summed E-state index contributed by atoms with van der Waals surface area (Å²) in [6, 6.07) is 12.4. The predicted molar refractivity (Wildman–Crippen MR) is 110 cm³/mol. The van der Waals surface area contributed by atoms with Gasteiger partial charge >= 0.3 is 5.97 Å². The zero-order chi connectivity index (χ0) is 18.9. The van der Waals surface area contributed by atoms with Crippen molar-refractivity contribution >= 4 is 45.3 Å². The van der Waals surface area contributed by atoms with Gasteiger partial charge in [-0.2, -0.15) is 11.8 Å². The molecule has 2 aromatic carbocycles. The molecule has 0 aliphatic rings. The molecule has 0 saturated heterocycles. The van der Waals surface area contributed by atoms with E-state index in [1.165, 1.54) is 0 Å². The van der Waals surface area contributed by atoms with Crippen LogP contribution in [-0.2, 0) is 9.53 Å². The Hall–Kier alpha value is -1.37. The van der Waals surface area contributed by atoms with Crippen molar-refractivity contribution in [3.63, 3.8) is 0 Å². The topological polar surface area (TPSA) is 44.8 Å². The highest BCUT2D eigenvalue weighted by atomic mass is 79.9. The summed E-state index contributed by atoms with van der Waals surface area (Å²) in [4.78, 5) is 11.9. The third-order valence-corrected chi connectivity index (χ3v) is 4.92. The van der Waals surface area contributed by atoms with Crippen LogP contribution in [0.1, 0.15) is 13.8 Å². The predicted octanol–water partition coefficient (Wildman–Crippen LogP) is 5.96. The van der Waals surface area contributed by atoms with Gasteiger partial charge in [0.25, 0.3) is 0 Å². The van der Waals surface area contributed by atoms with Crippen molar-refractivity contribution in [3.05, 3.63) is 52.0 Å². The number of hydrogen-bond acceptors (Lipinski definition) is 5. The molecular formula is C19H20BrClO4S. The van der Waals surface area contributed by atoms with E-state index in [4.69, 9.17) is 25.8 Å². The van der Waals surface area contributed by atoms with Crippen molar-refractivity contribution in [1.82, 2.24) is 0 Å². The Labute approximate surface area is 171 Å². The molecule has 0 radical (unpaired) electrons. The minimum Gasteiger partial charge on any atom is -0.479 e. The van der Waals surface area contributed by atoms with Crippen LogP contribution in [0.15, 0.2) is 46.9 Å². The lowest BCUT2D eigenvalue weighted by Crippen LogP contribution is -2.26. The van der Waals surface area contributed by atoms with Gasteiger partial charge in [-0.15, -0.1) is 0 Å². The molecule has 140 valence electrons. The second-order valence-corrected chi connectivity index (χ2v) is 7.99. The Balaban J connectivity index is 1.87. The zero-order valence-electron chi connectivity index (χ0n) is 14.5. The van der Waals surface area contributed by atoms with Crippen LogP contribution >= 0.6 is 39.3 Å². The van der Waals surface area contributed by atoms with Gasteiger partial charge in [0, 0.05) is 10.2 Å². The summed E-state index contributed by atoms with van der Waals surface area (Å²) in [5.41, 5.74) is 0. The maximum Gasteiger partial charge on any atom is 0.347 e. The van der Waals surface area contributed by atoms with E-state index in [1.54, 1.807) is 55.1 Å². The number of ether oxygens (including phenoxy) is 3. The first-order valence-electron chi connectivity index (χ1n) is 8.13. The molecule has 0 fully saturated rings. The summed E-state index contributed by atoms with van der Waals surface area (Å²) in [6.45, 7) is 4.13. The smallest absolute Gasteiger partial charge is 0.347 e. The van der Waals surface area contributed by atoms with Gasteiger partial charge in [-0.05, 0) is 55.1 Å². The van der Waals surface area contributed by atoms with Crippen LogP contribution < -0.4 is 9.47 Å². The molecule has 2 rings (SSSR count). The standard InChI is InChI=1S/C19H20BrClO4S/c1-3-26-11-10-23-19(22)13(2)24-15-5-7-16(8-6-15)25-18-9-4-14(20)12-17(18)21/h4-9,12-13H,3,10-11H2,1-2H3. The molecule has 0 amide bonds. The van der Waals surface area contributed by atoms with Gasteiger partial charge in [-0.3, -0.25) is 0 Å². The minimum atomic E-state index is -0.672. The van der Waals surface area contributed by atoms with Gasteiger partial charge in [0.15, 0.2) is 6.10 Å². The fourth-order valence-electron chi connectivity index (χ4n) is 1.99. The summed E-state index contributed by atoms with van der Waals surface area (Å²) in [5.74, 6) is 3.16. The van der Waals surface area contributed by atoms with E-state index < -0.39 is 6.10 Å². The summed E-state index contributed by atoms with van der Waals surface area (Å²) in [7, 11) is 0. The maximum atomic E-state index is 11.9. The summed E-state index contributed by atoms with van der Waals surface area (Å²) < 4.78 is 17.4. The van der Waals surface area contributed by atoms with E-state index in [0.717, 1.165) is 16.0 Å². The number of rotatable bonds is 9. The Morgan fingerprint density at radius 1 is 1.19 bits per heavy atom. The molecule has 0 heterocycles. The SMILES string of the molecule is CCSCCOC(=O)C(C)Oc1ccc(Oc2ccc(Br)cc2Cl)cc1. The quantitative estimate of drug-likeness (QED) is 0.342. The molecule has 1 unspecified atom stereocenters. The molecular weight excluding hydrogens is 440 g/mol. The summed E-state index contributed by atoms with van der Waals surface area (Å²) >= 11 is 11.2. The van der Waals surface area contributed by atoms with Crippen LogP contribution in [0.4, 0.5) is 0 Å². The van der Waals surface area contributed by atoms with Crippen molar-refractivity contribution in [1.29, 1.82) is 0 Å². The van der Waals surface area contributed by atoms with Crippen molar-refractivity contribution in [2.75, 3.05) is 18.1 Å². The first-order valence-corrected chi connectivity index (χ1v) is 10.5. The maximum absolute atomic E-state index is 11.9. The van der Waals surface area contributed by atoms with Gasteiger partial charge < -0.3 is 14.2 Å². The van der Waals surface area contributed by atoms with E-state index in [0.29, 0.717) is 28.9 Å². The van der Waals surface area contributed by atoms with E-state index >= 15 is 0 Å². The average molecular weight is 460 g/mol. The highest BCUT2D eigenvalue weighted by Crippen LogP contribution is 2.32. The number of carbonyl (C=O) groups excluding carboxylic acids is 1. The number of carbonyl (C=O) groups is 1. The van der Waals surface area contributed by atoms with Crippen LogP contribution in [0.2, 0.25) is 5.02 Å². The van der Waals surface area contributed by atoms with Crippen molar-refractivity contribution in [3.8, 4) is 17.2 Å². The fourth-order valence-corrected chi connectivity index (χ4v) is 3.19. The van der Waals surface area contributed by atoms with E-state index in [1.807, 2.05) is 6.07 Å². The molecule has 4 nitrogen and oxygen atoms in total. The highest BCUT2D eigenvalue weighted by Gasteiger charge is 2.16. The lowest BCUT2D eigenvalue weighted by atomic mass is 10.3. The Kier molecular flexibility index (Phi) is 8.62. The van der Waals surface area contributed by atoms with Crippen molar-refractivity contribution in [2.24, 2.45) is 0 Å². The number of hydrogen-bond donors (Lipinski definition) is 0. The lowest BCUT2D eigenvalue weighted by Gasteiger charge is -2.14. The van der Waals surface area contributed by atoms with Gasteiger partial charge in [0.05, 0.1) is 5.02 Å². The molecule has 1 atom stereocenters. The van der Waals surface area contributed by atoms with E-state index in [2.05, 4.69) is 22.9 Å². The third kappa shape index (κ3) is 6.74. The Morgan fingerprint density at radius 2 is 1.88 bits per heavy atom. The zero-order valence-corrected chi connectivity index (χ0v) is 17.7. The molecule has 0 aliphatic carbocycles. The lowest BCUT2D eigenvalue weighted by molar-refractivity contribution is -0.150. The molecule has 0 bridgehead atoms.